The fourth-order valence-corrected chi connectivity index (χ4v) is 4.24. The molecule has 0 aliphatic carbocycles. The molecule has 0 unspecified atom stereocenters. The first-order chi connectivity index (χ1) is 22.7. The van der Waals surface area contributed by atoms with Crippen molar-refractivity contribution in [3.63, 3.8) is 0 Å². The normalized spacial score (nSPS) is 18.0. The Morgan fingerprint density at radius 2 is 0.696 bits per heavy atom. The maximum atomic E-state index is 12.9. The molecule has 4 rings (SSSR count). The van der Waals surface area contributed by atoms with E-state index in [1.54, 1.807) is 36.4 Å². The third-order valence-corrected chi connectivity index (χ3v) is 6.54. The van der Waals surface area contributed by atoms with Crippen LogP contribution in [-0.4, -0.2) is 131 Å². The third kappa shape index (κ3) is 13.0. The molecule has 2 amide bonds. The van der Waals surface area contributed by atoms with Crippen molar-refractivity contribution in [3.05, 3.63) is 47.5 Å². The van der Waals surface area contributed by atoms with E-state index in [0.29, 0.717) is 127 Å². The molecule has 2 aliphatic rings. The molecule has 0 fully saturated rings. The smallest absolute Gasteiger partial charge is 0.251 e. The van der Waals surface area contributed by atoms with Gasteiger partial charge in [-0.05, 0) is 36.4 Å². The van der Waals surface area contributed by atoms with Crippen molar-refractivity contribution >= 4 is 11.8 Å². The standard InChI is InChI=1S/C32H44N2O12/c35-31(25-1-3-27-29(23-25)45-21-17-41-13-9-37-7-11-39-15-19-43-27)33-5-6-34-32(36)26-2-4-28-30(24-26)46-22-18-42-14-10-38-8-12-40-16-20-44-28/h1-4,23-24H,5-22H2,(H,33,35)(H,34,36). The number of carbonyl (C=O) groups is 2. The number of carbonyl (C=O) groups excluding carboxylic acids is 2. The van der Waals surface area contributed by atoms with Crippen LogP contribution in [0.2, 0.25) is 0 Å². The zero-order chi connectivity index (χ0) is 32.1. The number of nitrogens with one attached hydrogen (secondary N) is 2. The van der Waals surface area contributed by atoms with E-state index in [1.165, 1.54) is 0 Å². The highest BCUT2D eigenvalue weighted by Crippen LogP contribution is 2.29. The van der Waals surface area contributed by atoms with Crippen LogP contribution in [0.3, 0.4) is 0 Å². The Morgan fingerprint density at radius 3 is 1.02 bits per heavy atom. The van der Waals surface area contributed by atoms with E-state index in [1.807, 2.05) is 0 Å². The Bertz CT molecular complexity index is 1110. The molecule has 0 atom stereocenters. The van der Waals surface area contributed by atoms with Crippen molar-refractivity contribution in [3.8, 4) is 23.0 Å². The van der Waals surface area contributed by atoms with E-state index in [0.717, 1.165) is 0 Å². The minimum Gasteiger partial charge on any atom is -0.487 e. The fourth-order valence-electron chi connectivity index (χ4n) is 4.24. The lowest BCUT2D eigenvalue weighted by Gasteiger charge is -2.15. The quantitative estimate of drug-likeness (QED) is 0.452. The first-order valence-electron chi connectivity index (χ1n) is 15.5. The van der Waals surface area contributed by atoms with Gasteiger partial charge >= 0.3 is 0 Å². The average molecular weight is 649 g/mol. The van der Waals surface area contributed by atoms with Gasteiger partial charge in [-0.3, -0.25) is 9.59 Å². The zero-order valence-electron chi connectivity index (χ0n) is 26.1. The Labute approximate surface area is 268 Å². The molecule has 2 aromatic carbocycles. The second kappa shape index (κ2) is 21.2. The molecular formula is C32H44N2O12. The summed E-state index contributed by atoms with van der Waals surface area (Å²) in [7, 11) is 0. The molecule has 46 heavy (non-hydrogen) atoms. The van der Waals surface area contributed by atoms with Crippen molar-refractivity contribution in [2.45, 2.75) is 0 Å². The maximum absolute atomic E-state index is 12.9. The van der Waals surface area contributed by atoms with Crippen LogP contribution in [0.1, 0.15) is 20.7 Å². The number of hydrogen-bond donors (Lipinski definition) is 2. The molecule has 0 saturated carbocycles. The molecule has 2 aliphatic heterocycles. The van der Waals surface area contributed by atoms with E-state index in [4.69, 9.17) is 47.4 Å². The van der Waals surface area contributed by atoms with Crippen molar-refractivity contribution in [2.75, 3.05) is 119 Å². The lowest BCUT2D eigenvalue weighted by molar-refractivity contribution is 0.00708. The highest BCUT2D eigenvalue weighted by molar-refractivity contribution is 5.96. The summed E-state index contributed by atoms with van der Waals surface area (Å²) < 4.78 is 56.2. The first-order valence-corrected chi connectivity index (χ1v) is 15.5. The molecule has 0 aromatic heterocycles. The summed E-state index contributed by atoms with van der Waals surface area (Å²) in [5.41, 5.74) is 0.774. The van der Waals surface area contributed by atoms with Gasteiger partial charge in [-0.1, -0.05) is 0 Å². The van der Waals surface area contributed by atoms with Gasteiger partial charge in [0.2, 0.25) is 0 Å². The summed E-state index contributed by atoms with van der Waals surface area (Å²) in [5.74, 6) is 1.20. The molecular weight excluding hydrogens is 604 g/mol. The van der Waals surface area contributed by atoms with Gasteiger partial charge < -0.3 is 58.0 Å². The predicted octanol–water partition coefficient (Wildman–Crippen LogP) is 1.49. The summed E-state index contributed by atoms with van der Waals surface area (Å²) in [6, 6.07) is 9.92. The van der Waals surface area contributed by atoms with Crippen LogP contribution in [0.25, 0.3) is 0 Å². The number of ether oxygens (including phenoxy) is 10. The van der Waals surface area contributed by atoms with Gasteiger partial charge in [-0.15, -0.1) is 0 Å². The average Bonchev–Trinajstić information content (AvgIpc) is 3.09. The Balaban J connectivity index is 1.26. The number of hydrogen-bond acceptors (Lipinski definition) is 12. The Hall–Kier alpha value is -3.66. The molecule has 2 N–H and O–H groups in total. The Morgan fingerprint density at radius 1 is 0.413 bits per heavy atom. The first kappa shape index (κ1) is 35.2. The van der Waals surface area contributed by atoms with Crippen molar-refractivity contribution in [1.29, 1.82) is 0 Å². The second-order valence-corrected chi connectivity index (χ2v) is 9.90. The topological polar surface area (TPSA) is 150 Å². The molecule has 14 heteroatoms. The monoisotopic (exact) mass is 648 g/mol. The van der Waals surface area contributed by atoms with Crippen LogP contribution < -0.4 is 29.6 Å². The van der Waals surface area contributed by atoms with E-state index < -0.39 is 0 Å². The van der Waals surface area contributed by atoms with Crippen molar-refractivity contribution in [1.82, 2.24) is 10.6 Å². The van der Waals surface area contributed by atoms with Gasteiger partial charge in [-0.25, -0.2) is 0 Å². The lowest BCUT2D eigenvalue weighted by Crippen LogP contribution is -2.34. The zero-order valence-corrected chi connectivity index (χ0v) is 26.1. The summed E-state index contributed by atoms with van der Waals surface area (Å²) in [5, 5.41) is 5.64. The van der Waals surface area contributed by atoms with Crippen LogP contribution in [0, 0.1) is 0 Å². The van der Waals surface area contributed by atoms with E-state index in [9.17, 15) is 9.59 Å². The van der Waals surface area contributed by atoms with Crippen LogP contribution in [0.15, 0.2) is 36.4 Å². The van der Waals surface area contributed by atoms with Gasteiger partial charge in [-0.2, -0.15) is 0 Å². The predicted molar refractivity (Wildman–Crippen MR) is 164 cm³/mol. The number of fused-ring (bicyclic) bond motifs is 2. The molecule has 254 valence electrons. The largest absolute Gasteiger partial charge is 0.487 e. The second-order valence-electron chi connectivity index (χ2n) is 9.90. The lowest BCUT2D eigenvalue weighted by atomic mass is 10.2. The minimum atomic E-state index is -0.321. The van der Waals surface area contributed by atoms with Gasteiger partial charge in [0, 0.05) is 24.2 Å². The van der Waals surface area contributed by atoms with Gasteiger partial charge in [0.15, 0.2) is 23.0 Å². The highest BCUT2D eigenvalue weighted by Gasteiger charge is 2.15. The minimum absolute atomic E-state index is 0.206. The highest BCUT2D eigenvalue weighted by atomic mass is 16.6. The summed E-state index contributed by atoms with van der Waals surface area (Å²) in [6.07, 6.45) is 0. The van der Waals surface area contributed by atoms with Crippen LogP contribution in [0.4, 0.5) is 0 Å². The summed E-state index contributed by atoms with van der Waals surface area (Å²) in [4.78, 5) is 25.8. The summed E-state index contributed by atoms with van der Waals surface area (Å²) >= 11 is 0. The third-order valence-electron chi connectivity index (χ3n) is 6.54. The maximum Gasteiger partial charge on any atom is 0.251 e. The Kier molecular flexibility index (Phi) is 16.2. The summed E-state index contributed by atoms with van der Waals surface area (Å²) in [6.45, 7) is 6.85. The van der Waals surface area contributed by atoms with Crippen LogP contribution in [0.5, 0.6) is 23.0 Å². The van der Waals surface area contributed by atoms with E-state index in [-0.39, 0.29) is 38.1 Å². The van der Waals surface area contributed by atoms with Gasteiger partial charge in [0.05, 0.1) is 79.3 Å². The number of amides is 2. The van der Waals surface area contributed by atoms with Gasteiger partial charge in [0.25, 0.3) is 11.8 Å². The fraction of sp³-hybridized carbons (Fsp3) is 0.562. The molecule has 2 heterocycles. The van der Waals surface area contributed by atoms with E-state index in [2.05, 4.69) is 10.6 Å². The molecule has 2 aromatic rings. The van der Waals surface area contributed by atoms with Crippen LogP contribution in [-0.2, 0) is 28.4 Å². The number of benzene rings is 2. The SMILES string of the molecule is O=C(NCCNC(=O)c1ccc2c(c1)OCCOCCOCCOCCO2)c1ccc2c(c1)OCCOCCOCCOCCO2. The molecule has 14 nitrogen and oxygen atoms in total. The molecule has 0 saturated heterocycles. The van der Waals surface area contributed by atoms with Crippen LogP contribution >= 0.6 is 0 Å². The molecule has 0 spiro atoms. The van der Waals surface area contributed by atoms with E-state index >= 15 is 0 Å². The van der Waals surface area contributed by atoms with Gasteiger partial charge in [0.1, 0.15) is 26.4 Å². The molecule has 0 bridgehead atoms. The van der Waals surface area contributed by atoms with Crippen molar-refractivity contribution in [2.24, 2.45) is 0 Å². The van der Waals surface area contributed by atoms with Crippen molar-refractivity contribution < 1.29 is 57.0 Å². The molecule has 0 radical (unpaired) electrons. The number of rotatable bonds is 5.